The van der Waals surface area contributed by atoms with E-state index in [0.717, 1.165) is 32.2 Å². The Hall–Kier alpha value is -1.96. The summed E-state index contributed by atoms with van der Waals surface area (Å²) in [6.45, 7) is 7.00. The van der Waals surface area contributed by atoms with E-state index in [0.29, 0.717) is 18.0 Å². The molecule has 0 aromatic carbocycles. The molecule has 0 aliphatic heterocycles. The number of nitrogen functional groups attached to an aromatic ring is 1. The SMILES string of the molecule is CCCn1cc(N)cc1C(=O)OCCCCC(C)(C)C#N. The summed E-state index contributed by atoms with van der Waals surface area (Å²) in [7, 11) is 0. The lowest BCUT2D eigenvalue weighted by Gasteiger charge is -2.14. The maximum absolute atomic E-state index is 12.0. The molecule has 21 heavy (non-hydrogen) atoms. The van der Waals surface area contributed by atoms with Crippen LogP contribution >= 0.6 is 0 Å². The van der Waals surface area contributed by atoms with Crippen molar-refractivity contribution in [2.75, 3.05) is 12.3 Å². The lowest BCUT2D eigenvalue weighted by atomic mass is 9.89. The molecule has 1 rings (SSSR count). The number of nitrogens with two attached hydrogens (primary N) is 1. The molecule has 2 N–H and O–H groups in total. The van der Waals surface area contributed by atoms with E-state index in [4.69, 9.17) is 15.7 Å². The molecule has 0 aliphatic rings. The number of unbranched alkanes of at least 4 members (excludes halogenated alkanes) is 1. The molecule has 0 bridgehead atoms. The van der Waals surface area contributed by atoms with Crippen LogP contribution in [0.2, 0.25) is 0 Å². The van der Waals surface area contributed by atoms with Crippen LogP contribution in [-0.2, 0) is 11.3 Å². The van der Waals surface area contributed by atoms with Gasteiger partial charge in [0.15, 0.2) is 0 Å². The number of carbonyl (C=O) groups is 1. The maximum Gasteiger partial charge on any atom is 0.355 e. The molecule has 0 radical (unpaired) electrons. The van der Waals surface area contributed by atoms with Crippen molar-refractivity contribution in [2.45, 2.75) is 53.0 Å². The van der Waals surface area contributed by atoms with Gasteiger partial charge in [-0.05, 0) is 45.6 Å². The van der Waals surface area contributed by atoms with Crippen LogP contribution in [0.25, 0.3) is 0 Å². The number of rotatable bonds is 8. The molecule has 0 saturated heterocycles. The first kappa shape index (κ1) is 17.1. The van der Waals surface area contributed by atoms with Crippen LogP contribution < -0.4 is 5.73 Å². The molecule has 5 nitrogen and oxygen atoms in total. The Morgan fingerprint density at radius 2 is 2.19 bits per heavy atom. The fourth-order valence-corrected chi connectivity index (χ4v) is 2.09. The number of carbonyl (C=O) groups excluding carboxylic acids is 1. The quantitative estimate of drug-likeness (QED) is 0.588. The maximum atomic E-state index is 12.0. The van der Waals surface area contributed by atoms with Crippen molar-refractivity contribution in [3.63, 3.8) is 0 Å². The Labute approximate surface area is 126 Å². The van der Waals surface area contributed by atoms with Crippen molar-refractivity contribution in [3.05, 3.63) is 18.0 Å². The highest BCUT2D eigenvalue weighted by Crippen LogP contribution is 2.21. The second-order valence-corrected chi connectivity index (χ2v) is 5.94. The summed E-state index contributed by atoms with van der Waals surface area (Å²) in [5.74, 6) is -0.334. The Bertz CT molecular complexity index is 512. The molecule has 1 heterocycles. The molecule has 0 fully saturated rings. The van der Waals surface area contributed by atoms with E-state index < -0.39 is 0 Å². The van der Waals surface area contributed by atoms with E-state index in [2.05, 4.69) is 6.07 Å². The third kappa shape index (κ3) is 5.50. The number of ether oxygens (including phenoxy) is 1. The molecular formula is C16H25N3O2. The van der Waals surface area contributed by atoms with Crippen molar-refractivity contribution < 1.29 is 9.53 Å². The second-order valence-electron chi connectivity index (χ2n) is 5.94. The van der Waals surface area contributed by atoms with Crippen LogP contribution in [0.1, 0.15) is 56.9 Å². The van der Waals surface area contributed by atoms with Gasteiger partial charge in [-0.1, -0.05) is 6.92 Å². The van der Waals surface area contributed by atoms with Crippen molar-refractivity contribution in [3.8, 4) is 6.07 Å². The molecule has 0 aliphatic carbocycles. The van der Waals surface area contributed by atoms with Crippen molar-refractivity contribution >= 4 is 11.7 Å². The molecule has 0 unspecified atom stereocenters. The summed E-state index contributed by atoms with van der Waals surface area (Å²) in [5, 5.41) is 8.92. The summed E-state index contributed by atoms with van der Waals surface area (Å²) >= 11 is 0. The minimum Gasteiger partial charge on any atom is -0.461 e. The van der Waals surface area contributed by atoms with Gasteiger partial charge in [-0.2, -0.15) is 5.26 Å². The number of hydrogen-bond acceptors (Lipinski definition) is 4. The first-order valence-corrected chi connectivity index (χ1v) is 7.43. The van der Waals surface area contributed by atoms with Gasteiger partial charge in [-0.3, -0.25) is 0 Å². The lowest BCUT2D eigenvalue weighted by Crippen LogP contribution is -2.13. The van der Waals surface area contributed by atoms with Crippen LogP contribution in [0.3, 0.4) is 0 Å². The summed E-state index contributed by atoms with van der Waals surface area (Å²) in [4.78, 5) is 12.0. The van der Waals surface area contributed by atoms with E-state index >= 15 is 0 Å². The lowest BCUT2D eigenvalue weighted by molar-refractivity contribution is 0.0483. The van der Waals surface area contributed by atoms with Crippen LogP contribution in [0, 0.1) is 16.7 Å². The average molecular weight is 291 g/mol. The van der Waals surface area contributed by atoms with Gasteiger partial charge in [-0.25, -0.2) is 4.79 Å². The van der Waals surface area contributed by atoms with Crippen molar-refractivity contribution in [2.24, 2.45) is 5.41 Å². The number of nitrogens with zero attached hydrogens (tertiary/aromatic N) is 2. The number of aromatic nitrogens is 1. The van der Waals surface area contributed by atoms with Crippen LogP contribution in [0.4, 0.5) is 5.69 Å². The molecule has 116 valence electrons. The van der Waals surface area contributed by atoms with Gasteiger partial charge in [0.2, 0.25) is 0 Å². The van der Waals surface area contributed by atoms with Gasteiger partial charge < -0.3 is 15.0 Å². The van der Waals surface area contributed by atoms with Gasteiger partial charge in [0.25, 0.3) is 0 Å². The smallest absolute Gasteiger partial charge is 0.355 e. The highest BCUT2D eigenvalue weighted by Gasteiger charge is 2.16. The summed E-state index contributed by atoms with van der Waals surface area (Å²) in [6, 6.07) is 3.92. The van der Waals surface area contributed by atoms with Crippen LogP contribution in [0.15, 0.2) is 12.3 Å². The molecule has 1 aromatic heterocycles. The minimum absolute atomic E-state index is 0.311. The molecule has 5 heteroatoms. The molecular weight excluding hydrogens is 266 g/mol. The van der Waals surface area contributed by atoms with Gasteiger partial charge >= 0.3 is 5.97 Å². The van der Waals surface area contributed by atoms with E-state index in [9.17, 15) is 4.79 Å². The number of hydrogen-bond donors (Lipinski definition) is 1. The Morgan fingerprint density at radius 1 is 1.48 bits per heavy atom. The van der Waals surface area contributed by atoms with Gasteiger partial charge in [0, 0.05) is 12.7 Å². The van der Waals surface area contributed by atoms with E-state index in [1.165, 1.54) is 0 Å². The Kier molecular flexibility index (Phi) is 6.29. The fourth-order valence-electron chi connectivity index (χ4n) is 2.09. The molecule has 0 saturated carbocycles. The first-order chi connectivity index (χ1) is 9.89. The number of aryl methyl sites for hydroxylation is 1. The van der Waals surface area contributed by atoms with E-state index in [1.807, 2.05) is 25.3 Å². The summed E-state index contributed by atoms with van der Waals surface area (Å²) < 4.78 is 7.11. The molecule has 0 spiro atoms. The number of anilines is 1. The minimum atomic E-state index is -0.334. The van der Waals surface area contributed by atoms with Gasteiger partial charge in [0.05, 0.1) is 23.8 Å². The zero-order chi connectivity index (χ0) is 15.9. The molecule has 0 amide bonds. The van der Waals surface area contributed by atoms with E-state index in [1.54, 1.807) is 12.3 Å². The summed E-state index contributed by atoms with van der Waals surface area (Å²) in [6.07, 6.45) is 5.13. The Morgan fingerprint density at radius 3 is 2.81 bits per heavy atom. The van der Waals surface area contributed by atoms with Crippen LogP contribution in [-0.4, -0.2) is 17.1 Å². The highest BCUT2D eigenvalue weighted by atomic mass is 16.5. The zero-order valence-corrected chi connectivity index (χ0v) is 13.2. The van der Waals surface area contributed by atoms with Crippen LogP contribution in [0.5, 0.6) is 0 Å². The van der Waals surface area contributed by atoms with Crippen molar-refractivity contribution in [1.82, 2.24) is 4.57 Å². The fraction of sp³-hybridized carbons (Fsp3) is 0.625. The summed E-state index contributed by atoms with van der Waals surface area (Å²) in [5.41, 5.74) is 6.50. The standard InChI is InChI=1S/C16H25N3O2/c1-4-8-19-11-13(18)10-14(19)15(20)21-9-6-5-7-16(2,3)12-17/h10-11H,4-9,18H2,1-3H3. The molecule has 0 atom stereocenters. The largest absolute Gasteiger partial charge is 0.461 e. The highest BCUT2D eigenvalue weighted by molar-refractivity contribution is 5.89. The van der Waals surface area contributed by atoms with Crippen molar-refractivity contribution in [1.29, 1.82) is 5.26 Å². The van der Waals surface area contributed by atoms with Gasteiger partial charge in [-0.15, -0.1) is 0 Å². The third-order valence-corrected chi connectivity index (χ3v) is 3.32. The predicted molar refractivity (Wildman–Crippen MR) is 82.7 cm³/mol. The number of esters is 1. The predicted octanol–water partition coefficient (Wildman–Crippen LogP) is 3.36. The normalized spacial score (nSPS) is 11.1. The average Bonchev–Trinajstić information content (AvgIpc) is 2.79. The second kappa shape index (κ2) is 7.72. The topological polar surface area (TPSA) is 81.0 Å². The molecule has 1 aromatic rings. The third-order valence-electron chi connectivity index (χ3n) is 3.32. The number of nitriles is 1. The first-order valence-electron chi connectivity index (χ1n) is 7.43. The monoisotopic (exact) mass is 291 g/mol. The zero-order valence-electron chi connectivity index (χ0n) is 13.2. The van der Waals surface area contributed by atoms with E-state index in [-0.39, 0.29) is 11.4 Å². The van der Waals surface area contributed by atoms with Gasteiger partial charge in [0.1, 0.15) is 5.69 Å². The Balaban J connectivity index is 2.39.